The van der Waals surface area contributed by atoms with Gasteiger partial charge in [0, 0.05) is 33.7 Å². The standard InChI is InChI=1S/C62H40N6O/c1-3-25-47-45(23-1)49-27-5-9-31-53(49)63-61-65(57-35-13-15-37-59(57)67(61)55-33-11-7-29-51(47)55)41-19-17-21-43(39-41)69-44-22-18-20-42(40-44)66-58-36-14-16-38-60(58)68-56-34-12-8-30-52(56)48-26-4-2-24-46(48)50-28-6-10-32-54(50)64-62(66)68/h1-40H. The molecule has 0 aliphatic rings. The highest BCUT2D eigenvalue weighted by molar-refractivity contribution is 6.15. The Morgan fingerprint density at radius 1 is 0.261 bits per heavy atom. The zero-order valence-electron chi connectivity index (χ0n) is 37.2. The van der Waals surface area contributed by atoms with Crippen LogP contribution < -0.4 is 4.74 Å². The minimum absolute atomic E-state index is 0.696. The smallest absolute Gasteiger partial charge is 0.220 e. The number of hydrogen-bond donors (Lipinski definition) is 0. The first-order chi connectivity index (χ1) is 34.2. The number of rotatable bonds is 4. The van der Waals surface area contributed by atoms with E-state index < -0.39 is 0 Å². The molecule has 0 N–H and O–H groups in total. The van der Waals surface area contributed by atoms with E-state index in [9.17, 15) is 0 Å². The van der Waals surface area contributed by atoms with Crippen LogP contribution in [-0.4, -0.2) is 27.9 Å². The topological polar surface area (TPSA) is 53.7 Å². The quantitative estimate of drug-likeness (QED) is 0.177. The number of para-hydroxylation sites is 8. The van der Waals surface area contributed by atoms with Gasteiger partial charge in [0.05, 0.1) is 55.5 Å². The zero-order chi connectivity index (χ0) is 45.4. The summed E-state index contributed by atoms with van der Waals surface area (Å²) in [5.74, 6) is 2.95. The number of imidazole rings is 2. The fraction of sp³-hybridized carbons (Fsp3) is 0. The molecule has 0 saturated carbocycles. The van der Waals surface area contributed by atoms with E-state index in [1.165, 1.54) is 0 Å². The van der Waals surface area contributed by atoms with Crippen LogP contribution in [0.1, 0.15) is 0 Å². The highest BCUT2D eigenvalue weighted by atomic mass is 16.5. The molecule has 0 atom stereocenters. The van der Waals surface area contributed by atoms with Crippen molar-refractivity contribution in [2.75, 3.05) is 0 Å². The van der Waals surface area contributed by atoms with Gasteiger partial charge in [-0.15, -0.1) is 0 Å². The minimum atomic E-state index is 0.696. The Balaban J connectivity index is 0.981. The van der Waals surface area contributed by atoms with Crippen LogP contribution in [-0.2, 0) is 0 Å². The molecule has 0 spiro atoms. The molecule has 0 unspecified atom stereocenters. The normalized spacial score (nSPS) is 11.8. The Hall–Kier alpha value is -9.46. The van der Waals surface area contributed by atoms with E-state index in [2.05, 4.69) is 248 Å². The molecule has 0 aliphatic carbocycles. The van der Waals surface area contributed by atoms with Crippen molar-refractivity contribution in [3.05, 3.63) is 243 Å². The molecular formula is C62H40N6O. The maximum Gasteiger partial charge on any atom is 0.220 e. The Labute approximate surface area is 395 Å². The molecule has 14 aromatic rings. The zero-order valence-corrected chi connectivity index (χ0v) is 37.2. The molecule has 69 heavy (non-hydrogen) atoms. The molecule has 0 saturated heterocycles. The Morgan fingerprint density at radius 3 is 1.00 bits per heavy atom. The van der Waals surface area contributed by atoms with E-state index in [-0.39, 0.29) is 0 Å². The number of ether oxygens (including phenoxy) is 1. The summed E-state index contributed by atoms with van der Waals surface area (Å²) in [6.07, 6.45) is 0. The summed E-state index contributed by atoms with van der Waals surface area (Å²) in [5, 5.41) is 9.03. The third kappa shape index (κ3) is 6.14. The molecule has 4 heterocycles. The lowest BCUT2D eigenvalue weighted by Gasteiger charge is -2.12. The van der Waals surface area contributed by atoms with Crippen LogP contribution in [0.2, 0.25) is 0 Å². The summed E-state index contributed by atoms with van der Waals surface area (Å²) in [4.78, 5) is 11.2. The summed E-state index contributed by atoms with van der Waals surface area (Å²) in [5.41, 5.74) is 9.87. The third-order valence-corrected chi connectivity index (χ3v) is 13.5. The van der Waals surface area contributed by atoms with Crippen molar-refractivity contribution >= 4 is 98.8 Å². The van der Waals surface area contributed by atoms with Crippen molar-refractivity contribution < 1.29 is 4.74 Å². The molecule has 7 heteroatoms. The first-order valence-electron chi connectivity index (χ1n) is 23.2. The van der Waals surface area contributed by atoms with Gasteiger partial charge in [0.25, 0.3) is 0 Å². The van der Waals surface area contributed by atoms with Crippen LogP contribution in [0.3, 0.4) is 0 Å². The second kappa shape index (κ2) is 15.6. The summed E-state index contributed by atoms with van der Waals surface area (Å²) in [6.45, 7) is 0. The molecule has 14 rings (SSSR count). The number of fused-ring (bicyclic) bond motifs is 18. The molecule has 0 fully saturated rings. The maximum atomic E-state index is 6.91. The van der Waals surface area contributed by atoms with Crippen molar-refractivity contribution in [2.24, 2.45) is 0 Å². The molecular weight excluding hydrogens is 845 g/mol. The lowest BCUT2D eigenvalue weighted by atomic mass is 10.0. The van der Waals surface area contributed by atoms with Crippen molar-refractivity contribution in [1.29, 1.82) is 0 Å². The summed E-state index contributed by atoms with van der Waals surface area (Å²) >= 11 is 0. The molecule has 0 radical (unpaired) electrons. The summed E-state index contributed by atoms with van der Waals surface area (Å²) in [6, 6.07) is 85.2. The molecule has 4 aromatic heterocycles. The van der Waals surface area contributed by atoms with Crippen LogP contribution in [0.4, 0.5) is 0 Å². The summed E-state index contributed by atoms with van der Waals surface area (Å²) in [7, 11) is 0. The molecule has 324 valence electrons. The molecule has 0 amide bonds. The van der Waals surface area contributed by atoms with E-state index in [1.54, 1.807) is 0 Å². The van der Waals surface area contributed by atoms with Crippen molar-refractivity contribution in [3.8, 4) is 22.9 Å². The molecule has 0 bridgehead atoms. The minimum Gasteiger partial charge on any atom is -0.457 e. The Kier molecular flexibility index (Phi) is 8.75. The fourth-order valence-corrected chi connectivity index (χ4v) is 10.5. The predicted octanol–water partition coefficient (Wildman–Crippen LogP) is 15.8. The summed E-state index contributed by atoms with van der Waals surface area (Å²) < 4.78 is 16.0. The van der Waals surface area contributed by atoms with Gasteiger partial charge in [-0.2, -0.15) is 0 Å². The maximum absolute atomic E-state index is 6.91. The second-order valence-electron chi connectivity index (χ2n) is 17.4. The fourth-order valence-electron chi connectivity index (χ4n) is 10.5. The van der Waals surface area contributed by atoms with Gasteiger partial charge >= 0.3 is 0 Å². The van der Waals surface area contributed by atoms with Gasteiger partial charge in [0.15, 0.2) is 0 Å². The largest absolute Gasteiger partial charge is 0.457 e. The SMILES string of the molecule is c1cc(Oc2cccc(-n3c4ccccc4n4c5ccccc5c5ccccc5c5ccccc5nc34)c2)cc(-n2c3ccccc3n3c4ccccc4c4ccccc4c4ccccc4nc23)c1. The average Bonchev–Trinajstić information content (AvgIpc) is 3.93. The van der Waals surface area contributed by atoms with Crippen LogP contribution >= 0.6 is 0 Å². The van der Waals surface area contributed by atoms with Crippen molar-refractivity contribution in [2.45, 2.75) is 0 Å². The predicted molar refractivity (Wildman–Crippen MR) is 284 cm³/mol. The van der Waals surface area contributed by atoms with Crippen molar-refractivity contribution in [1.82, 2.24) is 27.9 Å². The van der Waals surface area contributed by atoms with E-state index in [0.29, 0.717) is 11.5 Å². The molecule has 0 aliphatic heterocycles. The van der Waals surface area contributed by atoms with Crippen LogP contribution in [0.15, 0.2) is 243 Å². The first kappa shape index (κ1) is 38.8. The van der Waals surface area contributed by atoms with Crippen molar-refractivity contribution in [3.63, 3.8) is 0 Å². The third-order valence-electron chi connectivity index (χ3n) is 13.5. The van der Waals surface area contributed by atoms with E-state index in [0.717, 1.165) is 110 Å². The van der Waals surface area contributed by atoms with Crippen LogP contribution in [0.5, 0.6) is 11.5 Å². The van der Waals surface area contributed by atoms with Crippen LogP contribution in [0.25, 0.3) is 110 Å². The number of benzene rings is 10. The lowest BCUT2D eigenvalue weighted by molar-refractivity contribution is 0.482. The van der Waals surface area contributed by atoms with Gasteiger partial charge in [-0.3, -0.25) is 17.9 Å². The van der Waals surface area contributed by atoms with Crippen LogP contribution in [0, 0.1) is 0 Å². The van der Waals surface area contributed by atoms with E-state index in [4.69, 9.17) is 14.7 Å². The Morgan fingerprint density at radius 2 is 0.580 bits per heavy atom. The van der Waals surface area contributed by atoms with Gasteiger partial charge < -0.3 is 4.74 Å². The second-order valence-corrected chi connectivity index (χ2v) is 17.4. The van der Waals surface area contributed by atoms with E-state index >= 15 is 0 Å². The van der Waals surface area contributed by atoms with Gasteiger partial charge in [-0.05, 0) is 94.3 Å². The van der Waals surface area contributed by atoms with Gasteiger partial charge in [0.1, 0.15) is 11.5 Å². The average molecular weight is 885 g/mol. The van der Waals surface area contributed by atoms with Gasteiger partial charge in [0.2, 0.25) is 11.6 Å². The van der Waals surface area contributed by atoms with Gasteiger partial charge in [-0.1, -0.05) is 158 Å². The number of hydrogen-bond acceptors (Lipinski definition) is 3. The number of aromatic nitrogens is 6. The first-order valence-corrected chi connectivity index (χ1v) is 23.2. The monoisotopic (exact) mass is 884 g/mol. The van der Waals surface area contributed by atoms with Gasteiger partial charge in [-0.25, -0.2) is 9.97 Å². The van der Waals surface area contributed by atoms with E-state index in [1.807, 2.05) is 12.1 Å². The molecule has 10 aromatic carbocycles. The molecule has 7 nitrogen and oxygen atoms in total. The lowest BCUT2D eigenvalue weighted by Crippen LogP contribution is -1.99. The number of nitrogens with zero attached hydrogens (tertiary/aromatic N) is 6. The Bertz CT molecular complexity index is 4260. The highest BCUT2D eigenvalue weighted by Gasteiger charge is 2.18. The highest BCUT2D eigenvalue weighted by Crippen LogP contribution is 2.36.